The van der Waals surface area contributed by atoms with Crippen LogP contribution in [0.5, 0.6) is 0 Å². The molecule has 7 nitrogen and oxygen atoms in total. The Morgan fingerprint density at radius 3 is 2.95 bits per heavy atom. The fourth-order valence-corrected chi connectivity index (χ4v) is 6.99. The summed E-state index contributed by atoms with van der Waals surface area (Å²) in [6.07, 6.45) is 6.06. The first kappa shape index (κ1) is 24.6. The van der Waals surface area contributed by atoms with Gasteiger partial charge in [0.1, 0.15) is 6.07 Å². The molecule has 7 rings (SSSR count). The van der Waals surface area contributed by atoms with Crippen molar-refractivity contribution in [1.29, 1.82) is 5.26 Å². The van der Waals surface area contributed by atoms with E-state index < -0.39 is 0 Å². The maximum absolute atomic E-state index is 13.4. The molecule has 1 saturated carbocycles. The number of H-pyrrole nitrogens is 1. The number of aryl methyl sites for hydroxylation is 1. The standard InChI is InChI=1S/C32H28N6OS/c1-19-34-28-15-21(10-12-30(28)40-19)31-26-14-22(9-11-27(26)36-37-31)32(39)35-24-6-4-5-20(13-24)17-38-18-23(16-33)25-7-2-3-8-29(25)38/h2-3,7-12,14-15,18,20,24H,4-6,13,17H2,1H3,(H,35,39)(H,36,37). The highest BCUT2D eigenvalue weighted by Crippen LogP contribution is 2.32. The maximum atomic E-state index is 13.4. The molecule has 3 aromatic carbocycles. The van der Waals surface area contributed by atoms with Gasteiger partial charge in [0.05, 0.1) is 32.0 Å². The van der Waals surface area contributed by atoms with Crippen LogP contribution in [0.2, 0.25) is 0 Å². The number of hydrogen-bond acceptors (Lipinski definition) is 5. The molecule has 0 aliphatic heterocycles. The molecule has 3 aromatic heterocycles. The highest BCUT2D eigenvalue weighted by molar-refractivity contribution is 7.18. The van der Waals surface area contributed by atoms with Crippen LogP contribution in [0.3, 0.4) is 0 Å². The Balaban J connectivity index is 1.09. The molecular formula is C32H28N6OS. The monoisotopic (exact) mass is 544 g/mol. The quantitative estimate of drug-likeness (QED) is 0.245. The van der Waals surface area contributed by atoms with E-state index in [0.29, 0.717) is 17.0 Å². The van der Waals surface area contributed by atoms with Crippen LogP contribution in [-0.2, 0) is 6.54 Å². The van der Waals surface area contributed by atoms with Crippen LogP contribution < -0.4 is 5.32 Å². The van der Waals surface area contributed by atoms with Gasteiger partial charge in [-0.3, -0.25) is 9.89 Å². The highest BCUT2D eigenvalue weighted by Gasteiger charge is 2.25. The third-order valence-electron chi connectivity index (χ3n) is 8.07. The number of amides is 1. The van der Waals surface area contributed by atoms with Gasteiger partial charge in [0, 0.05) is 46.2 Å². The van der Waals surface area contributed by atoms with Gasteiger partial charge >= 0.3 is 0 Å². The number of benzene rings is 3. The maximum Gasteiger partial charge on any atom is 0.251 e. The summed E-state index contributed by atoms with van der Waals surface area (Å²) in [5.41, 5.74) is 6.12. The second-order valence-corrected chi connectivity index (χ2v) is 12.0. The van der Waals surface area contributed by atoms with Crippen molar-refractivity contribution in [2.24, 2.45) is 5.92 Å². The fourth-order valence-electron chi connectivity index (χ4n) is 6.19. The third kappa shape index (κ3) is 4.42. The number of hydrogen-bond donors (Lipinski definition) is 2. The molecule has 0 bridgehead atoms. The Kier molecular flexibility index (Phi) is 6.09. The van der Waals surface area contributed by atoms with E-state index in [1.807, 2.05) is 49.5 Å². The van der Waals surface area contributed by atoms with E-state index >= 15 is 0 Å². The van der Waals surface area contributed by atoms with Crippen molar-refractivity contribution >= 4 is 49.3 Å². The topological polar surface area (TPSA) is 99.4 Å². The van der Waals surface area contributed by atoms with Crippen LogP contribution in [-0.4, -0.2) is 31.7 Å². The van der Waals surface area contributed by atoms with Crippen molar-refractivity contribution in [3.05, 3.63) is 83.0 Å². The Labute approximate surface area is 235 Å². The molecule has 1 aliphatic rings. The number of para-hydroxylation sites is 1. The van der Waals surface area contributed by atoms with Gasteiger partial charge in [-0.1, -0.05) is 30.7 Å². The molecule has 198 valence electrons. The van der Waals surface area contributed by atoms with Crippen LogP contribution in [0.25, 0.3) is 43.3 Å². The Hall–Kier alpha value is -4.48. The Bertz CT molecular complexity index is 1940. The zero-order chi connectivity index (χ0) is 27.2. The molecule has 1 aliphatic carbocycles. The second-order valence-electron chi connectivity index (χ2n) is 10.8. The molecule has 2 unspecified atom stereocenters. The first-order valence-electron chi connectivity index (χ1n) is 13.7. The van der Waals surface area contributed by atoms with Gasteiger partial charge in [-0.05, 0) is 68.5 Å². The SMILES string of the molecule is Cc1nc2cc(-c3n[nH]c4ccc(C(=O)NC5CCCC(Cn6cc(C#N)c7ccccc76)C5)cc34)ccc2s1. The van der Waals surface area contributed by atoms with E-state index in [1.165, 1.54) is 0 Å². The summed E-state index contributed by atoms with van der Waals surface area (Å²) in [6, 6.07) is 22.5. The number of rotatable bonds is 5. The average molecular weight is 545 g/mol. The molecule has 8 heteroatoms. The fraction of sp³-hybridized carbons (Fsp3) is 0.250. The zero-order valence-electron chi connectivity index (χ0n) is 22.1. The van der Waals surface area contributed by atoms with E-state index in [2.05, 4.69) is 55.4 Å². The van der Waals surface area contributed by atoms with E-state index in [-0.39, 0.29) is 11.9 Å². The van der Waals surface area contributed by atoms with Crippen LogP contribution in [0.1, 0.15) is 46.6 Å². The predicted molar refractivity (Wildman–Crippen MR) is 159 cm³/mol. The number of thiazole rings is 1. The highest BCUT2D eigenvalue weighted by atomic mass is 32.1. The van der Waals surface area contributed by atoms with Gasteiger partial charge in [0.15, 0.2) is 0 Å². The van der Waals surface area contributed by atoms with Crippen LogP contribution in [0, 0.1) is 24.2 Å². The van der Waals surface area contributed by atoms with Gasteiger partial charge < -0.3 is 9.88 Å². The Morgan fingerprint density at radius 2 is 2.05 bits per heavy atom. The van der Waals surface area contributed by atoms with Crippen molar-refractivity contribution in [3.8, 4) is 17.3 Å². The Morgan fingerprint density at radius 1 is 1.15 bits per heavy atom. The average Bonchev–Trinajstić information content (AvgIpc) is 3.66. The minimum Gasteiger partial charge on any atom is -0.349 e. The summed E-state index contributed by atoms with van der Waals surface area (Å²) >= 11 is 1.68. The zero-order valence-corrected chi connectivity index (χ0v) is 23.0. The third-order valence-corrected chi connectivity index (χ3v) is 9.03. The number of carbonyl (C=O) groups excluding carboxylic acids is 1. The molecule has 2 atom stereocenters. The van der Waals surface area contributed by atoms with Crippen molar-refractivity contribution in [2.45, 2.75) is 45.2 Å². The molecule has 3 heterocycles. The summed E-state index contributed by atoms with van der Waals surface area (Å²) in [5.74, 6) is 0.386. The first-order chi connectivity index (χ1) is 19.6. The second kappa shape index (κ2) is 9.92. The summed E-state index contributed by atoms with van der Waals surface area (Å²) in [4.78, 5) is 18.0. The van der Waals surface area contributed by atoms with Crippen molar-refractivity contribution in [1.82, 2.24) is 25.1 Å². The number of aromatic nitrogens is 4. The first-order valence-corrected chi connectivity index (χ1v) is 14.5. The minimum absolute atomic E-state index is 0.0524. The molecule has 0 radical (unpaired) electrons. The van der Waals surface area contributed by atoms with E-state index in [1.54, 1.807) is 11.3 Å². The van der Waals surface area contributed by atoms with E-state index in [0.717, 1.165) is 80.5 Å². The number of nitriles is 1. The molecule has 2 N–H and O–H groups in total. The van der Waals surface area contributed by atoms with Gasteiger partial charge in [-0.15, -0.1) is 11.3 Å². The van der Waals surface area contributed by atoms with Crippen LogP contribution in [0.15, 0.2) is 66.9 Å². The lowest BCUT2D eigenvalue weighted by Crippen LogP contribution is -2.39. The van der Waals surface area contributed by atoms with Crippen molar-refractivity contribution in [3.63, 3.8) is 0 Å². The number of aromatic amines is 1. The number of carbonyl (C=O) groups is 1. The van der Waals surface area contributed by atoms with E-state index in [9.17, 15) is 10.1 Å². The molecule has 40 heavy (non-hydrogen) atoms. The normalized spacial score (nSPS) is 17.4. The smallest absolute Gasteiger partial charge is 0.251 e. The lowest BCUT2D eigenvalue weighted by molar-refractivity contribution is 0.0918. The van der Waals surface area contributed by atoms with Crippen LogP contribution in [0.4, 0.5) is 0 Å². The molecule has 1 amide bonds. The van der Waals surface area contributed by atoms with Crippen molar-refractivity contribution in [2.75, 3.05) is 0 Å². The number of fused-ring (bicyclic) bond motifs is 3. The molecular weight excluding hydrogens is 516 g/mol. The lowest BCUT2D eigenvalue weighted by Gasteiger charge is -2.30. The van der Waals surface area contributed by atoms with Gasteiger partial charge in [-0.25, -0.2) is 4.98 Å². The van der Waals surface area contributed by atoms with Crippen molar-refractivity contribution < 1.29 is 4.79 Å². The molecule has 0 spiro atoms. The minimum atomic E-state index is -0.0524. The molecule has 1 fully saturated rings. The van der Waals surface area contributed by atoms with Crippen LogP contribution >= 0.6 is 11.3 Å². The summed E-state index contributed by atoms with van der Waals surface area (Å²) < 4.78 is 3.36. The van der Waals surface area contributed by atoms with Gasteiger partial charge in [-0.2, -0.15) is 10.4 Å². The van der Waals surface area contributed by atoms with Gasteiger partial charge in [0.2, 0.25) is 0 Å². The predicted octanol–water partition coefficient (Wildman–Crippen LogP) is 6.96. The largest absolute Gasteiger partial charge is 0.349 e. The van der Waals surface area contributed by atoms with Gasteiger partial charge in [0.25, 0.3) is 5.91 Å². The molecule has 0 saturated heterocycles. The molecule has 6 aromatic rings. The summed E-state index contributed by atoms with van der Waals surface area (Å²) in [7, 11) is 0. The summed E-state index contributed by atoms with van der Waals surface area (Å²) in [5, 5.41) is 23.5. The number of nitrogens with one attached hydrogen (secondary N) is 2. The lowest BCUT2D eigenvalue weighted by atomic mass is 9.85. The summed E-state index contributed by atoms with van der Waals surface area (Å²) in [6.45, 7) is 2.86. The number of nitrogens with zero attached hydrogens (tertiary/aromatic N) is 4. The van der Waals surface area contributed by atoms with E-state index in [4.69, 9.17) is 0 Å².